The highest BCUT2D eigenvalue weighted by Crippen LogP contribution is 2.33. The van der Waals surface area contributed by atoms with Crippen LogP contribution >= 0.6 is 24.0 Å². The van der Waals surface area contributed by atoms with Crippen molar-refractivity contribution in [2.45, 2.75) is 107 Å². The molecule has 12 nitrogen and oxygen atoms in total. The fourth-order valence-electron chi connectivity index (χ4n) is 4.93. The Kier molecular flexibility index (Phi) is 17.5. The average molecular weight is 615 g/mol. The summed E-state index contributed by atoms with van der Waals surface area (Å²) in [5, 5.41) is 18.2. The molecule has 0 aliphatic carbocycles. The zero-order valence-corrected chi connectivity index (χ0v) is 25.8. The molecule has 2 fully saturated rings. The van der Waals surface area contributed by atoms with Gasteiger partial charge in [0.2, 0.25) is 17.7 Å². The Morgan fingerprint density at radius 3 is 2.07 bits per heavy atom. The molecule has 234 valence electrons. The number of nitrogens with one attached hydrogen (secondary N) is 6. The maximum absolute atomic E-state index is 12.1. The summed E-state index contributed by atoms with van der Waals surface area (Å²) in [6, 6.07) is -0.131. The Morgan fingerprint density at radius 1 is 0.829 bits per heavy atom. The van der Waals surface area contributed by atoms with Crippen molar-refractivity contribution >= 4 is 52.8 Å². The standard InChI is InChI=1S/C27H50N8O4S2/c28-19(10-9-17-33-26(29)40)25(38)32-16-8-2-7-15-31-22(36)12-3-1-6-14-30-23(37)13-5-4-11-21-24-20(18-41-21)34-27(39)35-24/h19-21,24H,1-18,28H2,(H,30,37)(H,31,36)(H,32,38)(H3,29,33,40)(H2,34,35,39)/t19-,20-,21-,24-/m0/s1. The summed E-state index contributed by atoms with van der Waals surface area (Å²) in [4.78, 5) is 47.5. The molecule has 0 radical (unpaired) electrons. The average Bonchev–Trinajstić information content (AvgIpc) is 3.49. The number of nitrogens with two attached hydrogens (primary N) is 2. The molecule has 5 amide bonds. The van der Waals surface area contributed by atoms with Gasteiger partial charge in [-0.25, -0.2) is 4.79 Å². The van der Waals surface area contributed by atoms with Gasteiger partial charge < -0.3 is 43.4 Å². The summed E-state index contributed by atoms with van der Waals surface area (Å²) in [7, 11) is 0. The van der Waals surface area contributed by atoms with Gasteiger partial charge in [0.15, 0.2) is 5.11 Å². The summed E-state index contributed by atoms with van der Waals surface area (Å²) in [5.74, 6) is 0.944. The smallest absolute Gasteiger partial charge is 0.315 e. The second-order valence-electron chi connectivity index (χ2n) is 10.8. The van der Waals surface area contributed by atoms with Gasteiger partial charge in [0.25, 0.3) is 0 Å². The quantitative estimate of drug-likeness (QED) is 0.0493. The van der Waals surface area contributed by atoms with Crippen LogP contribution in [-0.2, 0) is 14.4 Å². The maximum Gasteiger partial charge on any atom is 0.315 e. The number of thiocarbonyl (C=S) groups is 1. The summed E-state index contributed by atoms with van der Waals surface area (Å²) in [6.45, 7) is 2.44. The lowest BCUT2D eigenvalue weighted by Crippen LogP contribution is -2.41. The van der Waals surface area contributed by atoms with E-state index in [1.165, 1.54) is 0 Å². The number of unbranched alkanes of at least 4 members (excludes halogenated alkanes) is 5. The van der Waals surface area contributed by atoms with Gasteiger partial charge in [-0.15, -0.1) is 0 Å². The molecule has 0 unspecified atom stereocenters. The molecule has 4 atom stereocenters. The first-order valence-electron chi connectivity index (χ1n) is 15.0. The molecular formula is C27H50N8O4S2. The molecule has 14 heteroatoms. The first kappa shape index (κ1) is 34.9. The third kappa shape index (κ3) is 15.5. The van der Waals surface area contributed by atoms with E-state index in [4.69, 9.17) is 23.7 Å². The van der Waals surface area contributed by atoms with Gasteiger partial charge in [0.1, 0.15) is 0 Å². The van der Waals surface area contributed by atoms with Crippen LogP contribution in [0.5, 0.6) is 0 Å². The van der Waals surface area contributed by atoms with Crippen molar-refractivity contribution < 1.29 is 19.2 Å². The second kappa shape index (κ2) is 20.5. The van der Waals surface area contributed by atoms with Gasteiger partial charge in [-0.2, -0.15) is 11.8 Å². The minimum Gasteiger partial charge on any atom is -0.376 e. The van der Waals surface area contributed by atoms with Crippen LogP contribution in [0, 0.1) is 0 Å². The molecule has 2 aliphatic rings. The highest BCUT2D eigenvalue weighted by Gasteiger charge is 2.42. The Balaban J connectivity index is 1.32. The lowest BCUT2D eigenvalue weighted by atomic mass is 10.0. The molecule has 0 aromatic rings. The molecule has 0 aromatic heterocycles. The van der Waals surface area contributed by atoms with Crippen molar-refractivity contribution in [3.63, 3.8) is 0 Å². The number of thioether (sulfide) groups is 1. The first-order valence-corrected chi connectivity index (χ1v) is 16.5. The highest BCUT2D eigenvalue weighted by molar-refractivity contribution is 8.00. The molecule has 0 aromatic carbocycles. The Morgan fingerprint density at radius 2 is 1.41 bits per heavy atom. The zero-order chi connectivity index (χ0) is 29.9. The van der Waals surface area contributed by atoms with Crippen LogP contribution in [0.15, 0.2) is 0 Å². The molecule has 41 heavy (non-hydrogen) atoms. The second-order valence-corrected chi connectivity index (χ2v) is 12.5. The van der Waals surface area contributed by atoms with Gasteiger partial charge >= 0.3 is 6.03 Å². The number of carbonyl (C=O) groups is 4. The Labute approximate surface area is 253 Å². The van der Waals surface area contributed by atoms with Gasteiger partial charge in [-0.1, -0.05) is 12.8 Å². The largest absolute Gasteiger partial charge is 0.376 e. The van der Waals surface area contributed by atoms with E-state index in [9.17, 15) is 19.2 Å². The van der Waals surface area contributed by atoms with Crippen LogP contribution in [0.3, 0.4) is 0 Å². The van der Waals surface area contributed by atoms with E-state index in [-0.39, 0.29) is 40.9 Å². The minimum absolute atomic E-state index is 0.0536. The normalized spacial score (nSPS) is 19.9. The van der Waals surface area contributed by atoms with E-state index in [1.807, 2.05) is 11.8 Å². The van der Waals surface area contributed by atoms with Crippen molar-refractivity contribution in [3.8, 4) is 0 Å². The molecule has 0 bridgehead atoms. The first-order chi connectivity index (χ1) is 19.8. The minimum atomic E-state index is -0.541. The van der Waals surface area contributed by atoms with Crippen LogP contribution in [-0.4, -0.2) is 84.2 Å². The SMILES string of the molecule is NC(=S)NCCC[C@H](N)C(=O)NCCCCCNC(=O)CCCCCNC(=O)CCCC[C@@H]1SC[C@@H]2NC(=O)N[C@@H]21. The van der Waals surface area contributed by atoms with Crippen molar-refractivity contribution in [2.24, 2.45) is 11.5 Å². The number of hydrogen-bond donors (Lipinski definition) is 8. The lowest BCUT2D eigenvalue weighted by Gasteiger charge is -2.16. The van der Waals surface area contributed by atoms with Gasteiger partial charge in [-0.05, 0) is 70.0 Å². The molecular weight excluding hydrogens is 564 g/mol. The van der Waals surface area contributed by atoms with Crippen LogP contribution < -0.4 is 43.4 Å². The van der Waals surface area contributed by atoms with E-state index < -0.39 is 6.04 Å². The number of carbonyl (C=O) groups excluding carboxylic acids is 4. The fourth-order valence-corrected chi connectivity index (χ4v) is 6.57. The summed E-state index contributed by atoms with van der Waals surface area (Å²) in [6.07, 6.45) is 10.3. The predicted molar refractivity (Wildman–Crippen MR) is 167 cm³/mol. The Bertz CT molecular complexity index is 850. The topological polar surface area (TPSA) is 192 Å². The van der Waals surface area contributed by atoms with Crippen molar-refractivity contribution in [3.05, 3.63) is 0 Å². The Hall–Kier alpha value is -2.32. The summed E-state index contributed by atoms with van der Waals surface area (Å²) in [5.41, 5.74) is 11.2. The van der Waals surface area contributed by atoms with Crippen molar-refractivity contribution in [1.82, 2.24) is 31.9 Å². The van der Waals surface area contributed by atoms with E-state index in [2.05, 4.69) is 31.9 Å². The molecule has 2 aliphatic heterocycles. The lowest BCUT2D eigenvalue weighted by molar-refractivity contribution is -0.122. The summed E-state index contributed by atoms with van der Waals surface area (Å²) >= 11 is 6.63. The van der Waals surface area contributed by atoms with Crippen LogP contribution in [0.25, 0.3) is 0 Å². The maximum atomic E-state index is 12.1. The van der Waals surface area contributed by atoms with E-state index >= 15 is 0 Å². The molecule has 10 N–H and O–H groups in total. The molecule has 2 rings (SSSR count). The van der Waals surface area contributed by atoms with E-state index in [0.29, 0.717) is 57.1 Å². The number of urea groups is 1. The van der Waals surface area contributed by atoms with E-state index in [0.717, 1.165) is 63.5 Å². The number of amides is 5. The predicted octanol–water partition coefficient (Wildman–Crippen LogP) is 0.732. The zero-order valence-electron chi connectivity index (χ0n) is 24.1. The van der Waals surface area contributed by atoms with E-state index in [1.54, 1.807) is 0 Å². The van der Waals surface area contributed by atoms with Crippen LogP contribution in [0.2, 0.25) is 0 Å². The monoisotopic (exact) mass is 614 g/mol. The third-order valence-corrected chi connectivity index (χ3v) is 8.94. The number of rotatable bonds is 22. The van der Waals surface area contributed by atoms with Gasteiger partial charge in [-0.3, -0.25) is 14.4 Å². The summed E-state index contributed by atoms with van der Waals surface area (Å²) < 4.78 is 0. The van der Waals surface area contributed by atoms with Gasteiger partial charge in [0.05, 0.1) is 18.1 Å². The third-order valence-electron chi connectivity index (χ3n) is 7.29. The van der Waals surface area contributed by atoms with Gasteiger partial charge in [0, 0.05) is 50.0 Å². The highest BCUT2D eigenvalue weighted by atomic mass is 32.2. The van der Waals surface area contributed by atoms with Crippen LogP contribution in [0.4, 0.5) is 4.79 Å². The molecule has 2 heterocycles. The van der Waals surface area contributed by atoms with Crippen molar-refractivity contribution in [2.75, 3.05) is 31.9 Å². The number of hydrogen-bond acceptors (Lipinski definition) is 7. The molecule has 0 spiro atoms. The number of fused-ring (bicyclic) bond motifs is 1. The van der Waals surface area contributed by atoms with Crippen molar-refractivity contribution in [1.29, 1.82) is 0 Å². The molecule has 0 saturated carbocycles. The molecule has 2 saturated heterocycles. The van der Waals surface area contributed by atoms with Crippen LogP contribution in [0.1, 0.15) is 83.5 Å². The fraction of sp³-hybridized carbons (Fsp3) is 0.815.